The van der Waals surface area contributed by atoms with Crippen molar-refractivity contribution < 1.29 is 14.5 Å². The average Bonchev–Trinajstić information content (AvgIpc) is 2.47. The standard InChI is InChI=1S/C18H26N2O2/c1-14-7-6-10-20(12-14)13-18(22)19-17(15(2)21)11-16-8-4-3-5-9-16/h3-5,8-9,14,17H,6-7,10-13H2,1-2H3,(H,19,22)/p+1/t14-,17-/m0/s1. The summed E-state index contributed by atoms with van der Waals surface area (Å²) in [6.45, 7) is 6.37. The van der Waals surface area contributed by atoms with Crippen LogP contribution in [0.1, 0.15) is 32.3 Å². The van der Waals surface area contributed by atoms with Gasteiger partial charge in [-0.25, -0.2) is 0 Å². The maximum atomic E-state index is 12.2. The lowest BCUT2D eigenvalue weighted by Crippen LogP contribution is -3.14. The number of ketones is 1. The van der Waals surface area contributed by atoms with Gasteiger partial charge in [0.25, 0.3) is 5.91 Å². The lowest BCUT2D eigenvalue weighted by Gasteiger charge is -2.27. The molecule has 4 nitrogen and oxygen atoms in total. The van der Waals surface area contributed by atoms with Crippen LogP contribution in [-0.4, -0.2) is 37.4 Å². The normalized spacial score (nSPS) is 22.8. The topological polar surface area (TPSA) is 50.6 Å². The molecule has 0 bridgehead atoms. The number of amides is 1. The molecule has 1 aromatic carbocycles. The summed E-state index contributed by atoms with van der Waals surface area (Å²) in [5, 5.41) is 2.92. The van der Waals surface area contributed by atoms with E-state index in [1.807, 2.05) is 30.3 Å². The Morgan fingerprint density at radius 1 is 1.32 bits per heavy atom. The summed E-state index contributed by atoms with van der Waals surface area (Å²) in [5.41, 5.74) is 1.07. The zero-order valence-electron chi connectivity index (χ0n) is 13.6. The fourth-order valence-corrected chi connectivity index (χ4v) is 3.18. The number of quaternary nitrogens is 1. The van der Waals surface area contributed by atoms with Crippen LogP contribution in [0.4, 0.5) is 0 Å². The lowest BCUT2D eigenvalue weighted by atomic mass is 10.0. The molecule has 1 fully saturated rings. The Morgan fingerprint density at radius 3 is 2.68 bits per heavy atom. The van der Waals surface area contributed by atoms with Crippen LogP contribution in [0.3, 0.4) is 0 Å². The number of likely N-dealkylation sites (tertiary alicyclic amines) is 1. The SMILES string of the molecule is CC(=O)[C@H](Cc1ccccc1)NC(=O)C[NH+]1CCC[C@H](C)C1. The summed E-state index contributed by atoms with van der Waals surface area (Å²) in [5.74, 6) is 0.684. The highest BCUT2D eigenvalue weighted by Crippen LogP contribution is 2.05. The van der Waals surface area contributed by atoms with Crippen LogP contribution in [0.2, 0.25) is 0 Å². The van der Waals surface area contributed by atoms with Gasteiger partial charge in [-0.3, -0.25) is 9.59 Å². The van der Waals surface area contributed by atoms with Crippen molar-refractivity contribution in [2.45, 2.75) is 39.2 Å². The molecule has 22 heavy (non-hydrogen) atoms. The maximum absolute atomic E-state index is 12.2. The Kier molecular flexibility index (Phi) is 6.13. The smallest absolute Gasteiger partial charge is 0.275 e. The van der Waals surface area contributed by atoms with E-state index >= 15 is 0 Å². The van der Waals surface area contributed by atoms with Gasteiger partial charge >= 0.3 is 0 Å². The van der Waals surface area contributed by atoms with Gasteiger partial charge in [-0.05, 0) is 31.7 Å². The number of hydrogen-bond donors (Lipinski definition) is 2. The van der Waals surface area contributed by atoms with Crippen molar-refractivity contribution in [1.29, 1.82) is 0 Å². The average molecular weight is 303 g/mol. The molecule has 0 spiro atoms. The second-order valence-electron chi connectivity index (χ2n) is 6.55. The van der Waals surface area contributed by atoms with Crippen molar-refractivity contribution in [3.05, 3.63) is 35.9 Å². The van der Waals surface area contributed by atoms with E-state index in [1.54, 1.807) is 6.92 Å². The van der Waals surface area contributed by atoms with Crippen LogP contribution in [0.15, 0.2) is 30.3 Å². The van der Waals surface area contributed by atoms with E-state index in [-0.39, 0.29) is 11.7 Å². The van der Waals surface area contributed by atoms with E-state index in [9.17, 15) is 9.59 Å². The van der Waals surface area contributed by atoms with Crippen LogP contribution in [0, 0.1) is 5.92 Å². The highest BCUT2D eigenvalue weighted by atomic mass is 16.2. The highest BCUT2D eigenvalue weighted by Gasteiger charge is 2.24. The first-order valence-corrected chi connectivity index (χ1v) is 8.22. The second kappa shape index (κ2) is 8.08. The van der Waals surface area contributed by atoms with E-state index in [1.165, 1.54) is 17.7 Å². The van der Waals surface area contributed by atoms with Gasteiger partial charge in [-0.15, -0.1) is 0 Å². The van der Waals surface area contributed by atoms with Gasteiger partial charge in [0, 0.05) is 5.92 Å². The van der Waals surface area contributed by atoms with Crippen molar-refractivity contribution in [3.63, 3.8) is 0 Å². The van der Waals surface area contributed by atoms with Crippen LogP contribution in [0.5, 0.6) is 0 Å². The van der Waals surface area contributed by atoms with Crippen LogP contribution in [0.25, 0.3) is 0 Å². The Morgan fingerprint density at radius 2 is 2.05 bits per heavy atom. The molecule has 1 amide bonds. The minimum absolute atomic E-state index is 0.0132. The molecule has 2 N–H and O–H groups in total. The number of nitrogens with one attached hydrogen (secondary N) is 2. The third kappa shape index (κ3) is 5.26. The molecule has 1 heterocycles. The number of rotatable bonds is 6. The fraction of sp³-hybridized carbons (Fsp3) is 0.556. The molecule has 0 aromatic heterocycles. The molecule has 1 saturated heterocycles. The van der Waals surface area contributed by atoms with E-state index in [4.69, 9.17) is 0 Å². The Bertz CT molecular complexity index is 501. The molecule has 1 aromatic rings. The van der Waals surface area contributed by atoms with Gasteiger partial charge in [-0.2, -0.15) is 0 Å². The van der Waals surface area contributed by atoms with E-state index in [0.29, 0.717) is 18.9 Å². The van der Waals surface area contributed by atoms with Gasteiger partial charge < -0.3 is 10.2 Å². The van der Waals surface area contributed by atoms with Crippen molar-refractivity contribution in [2.75, 3.05) is 19.6 Å². The third-order valence-corrected chi connectivity index (χ3v) is 4.38. The Balaban J connectivity index is 1.87. The molecule has 1 aliphatic heterocycles. The minimum atomic E-state index is -0.420. The van der Waals surface area contributed by atoms with E-state index < -0.39 is 6.04 Å². The van der Waals surface area contributed by atoms with Gasteiger partial charge in [0.1, 0.15) is 0 Å². The zero-order chi connectivity index (χ0) is 15.9. The van der Waals surface area contributed by atoms with Gasteiger partial charge in [0.15, 0.2) is 12.3 Å². The molecule has 120 valence electrons. The van der Waals surface area contributed by atoms with Gasteiger partial charge in [0.2, 0.25) is 0 Å². The molecule has 1 unspecified atom stereocenters. The number of hydrogen-bond acceptors (Lipinski definition) is 2. The number of carbonyl (C=O) groups excluding carboxylic acids is 2. The first-order chi connectivity index (χ1) is 10.5. The summed E-state index contributed by atoms with van der Waals surface area (Å²) < 4.78 is 0. The number of piperidine rings is 1. The van der Waals surface area contributed by atoms with Crippen LogP contribution >= 0.6 is 0 Å². The molecule has 0 saturated carbocycles. The van der Waals surface area contributed by atoms with Gasteiger partial charge in [0.05, 0.1) is 19.1 Å². The molecule has 1 aliphatic rings. The molecule has 4 heteroatoms. The maximum Gasteiger partial charge on any atom is 0.275 e. The van der Waals surface area contributed by atoms with E-state index in [2.05, 4.69) is 12.2 Å². The predicted octanol–water partition coefficient (Wildman–Crippen LogP) is 0.618. The molecule has 0 aliphatic carbocycles. The largest absolute Gasteiger partial charge is 0.341 e. The van der Waals surface area contributed by atoms with Crippen molar-refractivity contribution in [2.24, 2.45) is 5.92 Å². The third-order valence-electron chi connectivity index (χ3n) is 4.38. The monoisotopic (exact) mass is 303 g/mol. The van der Waals surface area contributed by atoms with Gasteiger partial charge in [-0.1, -0.05) is 37.3 Å². The summed E-state index contributed by atoms with van der Waals surface area (Å²) in [7, 11) is 0. The number of carbonyl (C=O) groups is 2. The predicted molar refractivity (Wildman–Crippen MR) is 86.7 cm³/mol. The molecular formula is C18H27N2O2+. The summed E-state index contributed by atoms with van der Waals surface area (Å²) in [6, 6.07) is 9.41. The molecule has 0 radical (unpaired) electrons. The van der Waals surface area contributed by atoms with E-state index in [0.717, 1.165) is 18.7 Å². The van der Waals surface area contributed by atoms with Crippen LogP contribution < -0.4 is 10.2 Å². The zero-order valence-corrected chi connectivity index (χ0v) is 13.6. The molecular weight excluding hydrogens is 276 g/mol. The lowest BCUT2D eigenvalue weighted by molar-refractivity contribution is -0.900. The second-order valence-corrected chi connectivity index (χ2v) is 6.55. The minimum Gasteiger partial charge on any atom is -0.341 e. The number of benzene rings is 1. The first-order valence-electron chi connectivity index (χ1n) is 8.22. The summed E-state index contributed by atoms with van der Waals surface area (Å²) >= 11 is 0. The molecule has 2 rings (SSSR count). The number of Topliss-reactive ketones (excluding diaryl/α,β-unsaturated/α-hetero) is 1. The first kappa shape index (κ1) is 16.7. The van der Waals surface area contributed by atoms with Crippen molar-refractivity contribution >= 4 is 11.7 Å². The fourth-order valence-electron chi connectivity index (χ4n) is 3.18. The summed E-state index contributed by atoms with van der Waals surface area (Å²) in [4.78, 5) is 25.4. The van der Waals surface area contributed by atoms with Crippen molar-refractivity contribution in [1.82, 2.24) is 5.32 Å². The molecule has 3 atom stereocenters. The Labute approximate surface area is 132 Å². The van der Waals surface area contributed by atoms with Crippen LogP contribution in [-0.2, 0) is 16.0 Å². The summed E-state index contributed by atoms with van der Waals surface area (Å²) in [6.07, 6.45) is 3.01. The highest BCUT2D eigenvalue weighted by molar-refractivity contribution is 5.88. The quantitative estimate of drug-likeness (QED) is 0.809. The van der Waals surface area contributed by atoms with Crippen molar-refractivity contribution in [3.8, 4) is 0 Å². The Hall–Kier alpha value is -1.68.